The van der Waals surface area contributed by atoms with Crippen LogP contribution in [0.15, 0.2) is 47.3 Å². The molecule has 0 radical (unpaired) electrons. The summed E-state index contributed by atoms with van der Waals surface area (Å²) in [7, 11) is 0. The summed E-state index contributed by atoms with van der Waals surface area (Å²) in [5.74, 6) is -0.761. The van der Waals surface area contributed by atoms with E-state index in [9.17, 15) is 23.6 Å². The molecule has 0 saturated heterocycles. The van der Waals surface area contributed by atoms with Gasteiger partial charge in [-0.1, -0.05) is 31.2 Å². The molecule has 0 fully saturated rings. The Morgan fingerprint density at radius 1 is 1.25 bits per heavy atom. The quantitative estimate of drug-likeness (QED) is 0.793. The molecule has 0 saturated carbocycles. The number of ether oxygens (including phenoxy) is 1. The van der Waals surface area contributed by atoms with E-state index in [4.69, 9.17) is 0 Å². The third-order valence-electron chi connectivity index (χ3n) is 3.39. The number of hydrogen-bond acceptors (Lipinski definition) is 4. The van der Waals surface area contributed by atoms with Gasteiger partial charge in [0.25, 0.3) is 11.5 Å². The number of amides is 1. The van der Waals surface area contributed by atoms with Crippen LogP contribution in [0.3, 0.4) is 0 Å². The molecule has 2 aromatic rings. The van der Waals surface area contributed by atoms with Crippen LogP contribution in [0.5, 0.6) is 5.75 Å². The van der Waals surface area contributed by atoms with Crippen molar-refractivity contribution in [3.8, 4) is 5.75 Å². The SMILES string of the molecule is CC[C@@H](NC(=O)c1cccc(=O)n1O)c1ccccc1OC(F)F. The molecule has 0 spiro atoms. The van der Waals surface area contributed by atoms with Gasteiger partial charge in [0, 0.05) is 11.6 Å². The Bertz CT molecular complexity index is 777. The zero-order chi connectivity index (χ0) is 17.7. The summed E-state index contributed by atoms with van der Waals surface area (Å²) in [5, 5.41) is 12.2. The van der Waals surface area contributed by atoms with Crippen molar-refractivity contribution in [1.29, 1.82) is 0 Å². The van der Waals surface area contributed by atoms with E-state index in [2.05, 4.69) is 10.1 Å². The third kappa shape index (κ3) is 3.89. The molecule has 0 aliphatic rings. The number of alkyl halides is 2. The Hall–Kier alpha value is -2.90. The number of benzene rings is 1. The van der Waals surface area contributed by atoms with Gasteiger partial charge in [-0.3, -0.25) is 9.59 Å². The second-order valence-electron chi connectivity index (χ2n) is 4.91. The fourth-order valence-electron chi connectivity index (χ4n) is 2.26. The number of pyridine rings is 1. The van der Waals surface area contributed by atoms with Crippen LogP contribution in [0.25, 0.3) is 0 Å². The number of hydrogen-bond donors (Lipinski definition) is 2. The van der Waals surface area contributed by atoms with Gasteiger partial charge in [0.05, 0.1) is 6.04 Å². The second-order valence-corrected chi connectivity index (χ2v) is 4.91. The molecular weight excluding hydrogens is 322 g/mol. The van der Waals surface area contributed by atoms with Gasteiger partial charge in [0.15, 0.2) is 0 Å². The Balaban J connectivity index is 2.28. The van der Waals surface area contributed by atoms with Crippen molar-refractivity contribution in [2.24, 2.45) is 0 Å². The Labute approximate surface area is 136 Å². The fraction of sp³-hybridized carbons (Fsp3) is 0.250. The van der Waals surface area contributed by atoms with Crippen molar-refractivity contribution < 1.29 is 23.5 Å². The van der Waals surface area contributed by atoms with Gasteiger partial charge in [-0.2, -0.15) is 8.78 Å². The van der Waals surface area contributed by atoms with E-state index in [1.165, 1.54) is 18.2 Å². The van der Waals surface area contributed by atoms with Crippen molar-refractivity contribution in [3.63, 3.8) is 0 Å². The van der Waals surface area contributed by atoms with Gasteiger partial charge in [0.1, 0.15) is 11.4 Å². The predicted octanol–water partition coefficient (Wildman–Crippen LogP) is 2.57. The minimum absolute atomic E-state index is 0.0471. The second kappa shape index (κ2) is 7.58. The molecule has 6 nitrogen and oxygen atoms in total. The van der Waals surface area contributed by atoms with Gasteiger partial charge in [-0.25, -0.2) is 0 Å². The molecule has 1 aromatic heterocycles. The van der Waals surface area contributed by atoms with E-state index < -0.39 is 24.1 Å². The largest absolute Gasteiger partial charge is 0.434 e. The normalized spacial score (nSPS) is 12.0. The molecule has 2 N–H and O–H groups in total. The smallest absolute Gasteiger partial charge is 0.387 e. The molecule has 0 bridgehead atoms. The van der Waals surface area contributed by atoms with Gasteiger partial charge >= 0.3 is 6.61 Å². The topological polar surface area (TPSA) is 80.6 Å². The maximum atomic E-state index is 12.5. The minimum Gasteiger partial charge on any atom is -0.434 e. The van der Waals surface area contributed by atoms with Crippen molar-refractivity contribution >= 4 is 5.91 Å². The van der Waals surface area contributed by atoms with Crippen LogP contribution in [-0.2, 0) is 0 Å². The molecule has 0 unspecified atom stereocenters. The lowest BCUT2D eigenvalue weighted by atomic mass is 10.0. The van der Waals surface area contributed by atoms with Crippen LogP contribution < -0.4 is 15.6 Å². The highest BCUT2D eigenvalue weighted by Gasteiger charge is 2.21. The van der Waals surface area contributed by atoms with Crippen LogP contribution in [0.2, 0.25) is 0 Å². The first kappa shape index (κ1) is 17.5. The average Bonchev–Trinajstić information content (AvgIpc) is 2.55. The summed E-state index contributed by atoms with van der Waals surface area (Å²) in [6, 6.07) is 9.17. The zero-order valence-corrected chi connectivity index (χ0v) is 12.8. The number of para-hydroxylation sites is 1. The zero-order valence-electron chi connectivity index (χ0n) is 12.8. The van der Waals surface area contributed by atoms with Crippen LogP contribution in [0, 0.1) is 0 Å². The highest BCUT2D eigenvalue weighted by atomic mass is 19.3. The number of carbonyl (C=O) groups excluding carboxylic acids is 1. The molecule has 1 aromatic carbocycles. The van der Waals surface area contributed by atoms with E-state index in [0.29, 0.717) is 12.0 Å². The first-order valence-corrected chi connectivity index (χ1v) is 7.20. The summed E-state index contributed by atoms with van der Waals surface area (Å²) in [4.78, 5) is 23.6. The molecule has 24 heavy (non-hydrogen) atoms. The molecule has 0 aliphatic carbocycles. The van der Waals surface area contributed by atoms with Gasteiger partial charge in [-0.15, -0.1) is 4.73 Å². The van der Waals surface area contributed by atoms with Crippen LogP contribution in [-0.4, -0.2) is 22.5 Å². The molecule has 1 amide bonds. The third-order valence-corrected chi connectivity index (χ3v) is 3.39. The fourth-order valence-corrected chi connectivity index (χ4v) is 2.26. The van der Waals surface area contributed by atoms with Crippen LogP contribution in [0.1, 0.15) is 35.4 Å². The van der Waals surface area contributed by atoms with Crippen molar-refractivity contribution in [2.75, 3.05) is 0 Å². The van der Waals surface area contributed by atoms with Crippen molar-refractivity contribution in [3.05, 3.63) is 64.1 Å². The molecule has 1 heterocycles. The highest BCUT2D eigenvalue weighted by Crippen LogP contribution is 2.28. The van der Waals surface area contributed by atoms with Crippen LogP contribution >= 0.6 is 0 Å². The number of carbonyl (C=O) groups is 1. The summed E-state index contributed by atoms with van der Waals surface area (Å²) >= 11 is 0. The maximum absolute atomic E-state index is 12.5. The Kier molecular flexibility index (Phi) is 5.51. The lowest BCUT2D eigenvalue weighted by Gasteiger charge is -2.20. The summed E-state index contributed by atoms with van der Waals surface area (Å²) in [5.41, 5.74) is -0.637. The van der Waals surface area contributed by atoms with E-state index in [0.717, 1.165) is 6.07 Å². The first-order chi connectivity index (χ1) is 11.4. The number of nitrogens with zero attached hydrogens (tertiary/aromatic N) is 1. The van der Waals surface area contributed by atoms with Gasteiger partial charge < -0.3 is 15.3 Å². The number of rotatable bonds is 6. The number of nitrogens with one attached hydrogen (secondary N) is 1. The van der Waals surface area contributed by atoms with E-state index in [-0.39, 0.29) is 16.2 Å². The number of halogens is 2. The van der Waals surface area contributed by atoms with Crippen molar-refractivity contribution in [1.82, 2.24) is 10.0 Å². The standard InChI is InChI=1S/C16H16F2N2O4/c1-2-11(10-6-3-4-8-13(10)24-16(17)18)19-15(22)12-7-5-9-14(21)20(12)23/h3-9,11,16,23H,2H2,1H3,(H,19,22)/t11-/m1/s1. The summed E-state index contributed by atoms with van der Waals surface area (Å²) in [6.07, 6.45) is 0.387. The van der Waals surface area contributed by atoms with E-state index >= 15 is 0 Å². The molecule has 128 valence electrons. The highest BCUT2D eigenvalue weighted by molar-refractivity contribution is 5.92. The Morgan fingerprint density at radius 3 is 2.62 bits per heavy atom. The average molecular weight is 338 g/mol. The van der Waals surface area contributed by atoms with Crippen LogP contribution in [0.4, 0.5) is 8.78 Å². The number of aromatic nitrogens is 1. The molecule has 0 aliphatic heterocycles. The molecule has 1 atom stereocenters. The minimum atomic E-state index is -2.99. The maximum Gasteiger partial charge on any atom is 0.387 e. The van der Waals surface area contributed by atoms with E-state index in [1.54, 1.807) is 25.1 Å². The van der Waals surface area contributed by atoms with Gasteiger partial charge in [0.2, 0.25) is 0 Å². The van der Waals surface area contributed by atoms with E-state index in [1.807, 2.05) is 0 Å². The molecule has 8 heteroatoms. The predicted molar refractivity (Wildman–Crippen MR) is 81.5 cm³/mol. The monoisotopic (exact) mass is 338 g/mol. The summed E-state index contributed by atoms with van der Waals surface area (Å²) < 4.78 is 29.7. The lowest BCUT2D eigenvalue weighted by molar-refractivity contribution is -0.0506. The van der Waals surface area contributed by atoms with Crippen molar-refractivity contribution in [2.45, 2.75) is 26.0 Å². The lowest BCUT2D eigenvalue weighted by Crippen LogP contribution is -2.33. The molecular formula is C16H16F2N2O4. The van der Waals surface area contributed by atoms with Gasteiger partial charge in [-0.05, 0) is 18.6 Å². The molecule has 2 rings (SSSR count). The Morgan fingerprint density at radius 2 is 1.96 bits per heavy atom. The summed E-state index contributed by atoms with van der Waals surface area (Å²) in [6.45, 7) is -1.24. The first-order valence-electron chi connectivity index (χ1n) is 7.20.